The maximum Gasteiger partial charge on any atom is 0.331 e. The maximum absolute atomic E-state index is 13.1. The van der Waals surface area contributed by atoms with Crippen molar-refractivity contribution in [1.29, 1.82) is 0 Å². The van der Waals surface area contributed by atoms with Gasteiger partial charge in [0.05, 0.1) is 17.0 Å². The molecule has 0 amide bonds. The molecule has 0 spiro atoms. The summed E-state index contributed by atoms with van der Waals surface area (Å²) in [6, 6.07) is 17.3. The third-order valence-corrected chi connectivity index (χ3v) is 8.37. The number of rotatable bonds is 8. The maximum atomic E-state index is 13.1. The summed E-state index contributed by atoms with van der Waals surface area (Å²) in [7, 11) is -0.715. The third-order valence-electron chi connectivity index (χ3n) is 6.50. The number of benzene rings is 1. The smallest absolute Gasteiger partial charge is 0.331 e. The molecule has 0 aliphatic carbocycles. The summed E-state index contributed by atoms with van der Waals surface area (Å²) in [6.45, 7) is 0.562. The van der Waals surface area contributed by atoms with E-state index < -0.39 is 21.3 Å². The number of pyridine rings is 2. The monoisotopic (exact) mass is 530 g/mol. The highest BCUT2D eigenvalue weighted by atomic mass is 32.2. The van der Waals surface area contributed by atoms with Crippen LogP contribution in [0.4, 0.5) is 0 Å². The van der Waals surface area contributed by atoms with Crippen molar-refractivity contribution in [2.45, 2.75) is 17.9 Å². The van der Waals surface area contributed by atoms with Gasteiger partial charge >= 0.3 is 5.69 Å². The SMILES string of the molecule is CN(CCc1ccccn1)S(=O)(=O)c1ccc(-c2cc3c([nH]2)c(=O)n(C)c(=O)n3Cc2ccncc2)cc1. The van der Waals surface area contributed by atoms with Crippen LogP contribution in [-0.2, 0) is 30.0 Å². The van der Waals surface area contributed by atoms with E-state index in [0.717, 1.165) is 15.8 Å². The predicted molar refractivity (Wildman–Crippen MR) is 144 cm³/mol. The number of sulfonamides is 1. The first-order valence-electron chi connectivity index (χ1n) is 11.9. The summed E-state index contributed by atoms with van der Waals surface area (Å²) in [5, 5.41) is 0. The van der Waals surface area contributed by atoms with E-state index in [1.807, 2.05) is 30.3 Å². The first-order chi connectivity index (χ1) is 18.3. The molecule has 1 aromatic carbocycles. The number of aromatic nitrogens is 5. The molecule has 0 saturated heterocycles. The van der Waals surface area contributed by atoms with Crippen LogP contribution in [0.3, 0.4) is 0 Å². The van der Waals surface area contributed by atoms with Gasteiger partial charge in [-0.05, 0) is 53.6 Å². The second-order valence-electron chi connectivity index (χ2n) is 8.95. The summed E-state index contributed by atoms with van der Waals surface area (Å²) < 4.78 is 30.1. The lowest BCUT2D eigenvalue weighted by Gasteiger charge is -2.17. The first-order valence-corrected chi connectivity index (χ1v) is 13.4. The first kappa shape index (κ1) is 25.3. The number of hydrogen-bond donors (Lipinski definition) is 1. The molecule has 0 atom stereocenters. The van der Waals surface area contributed by atoms with Crippen molar-refractivity contribution in [3.63, 3.8) is 0 Å². The van der Waals surface area contributed by atoms with Gasteiger partial charge in [0.2, 0.25) is 10.0 Å². The number of H-pyrrole nitrogens is 1. The minimum atomic E-state index is -3.70. The van der Waals surface area contributed by atoms with Crippen LogP contribution in [0, 0.1) is 0 Å². The summed E-state index contributed by atoms with van der Waals surface area (Å²) in [5.41, 5.74) is 2.86. The number of hydrogen-bond acceptors (Lipinski definition) is 6. The van der Waals surface area contributed by atoms with E-state index in [9.17, 15) is 18.0 Å². The normalized spacial score (nSPS) is 11.9. The van der Waals surface area contributed by atoms with Crippen LogP contribution in [0.2, 0.25) is 0 Å². The zero-order valence-corrected chi connectivity index (χ0v) is 21.7. The molecule has 0 radical (unpaired) electrons. The van der Waals surface area contributed by atoms with E-state index >= 15 is 0 Å². The third kappa shape index (κ3) is 4.81. The van der Waals surface area contributed by atoms with Crippen LogP contribution in [0.15, 0.2) is 93.7 Å². The average Bonchev–Trinajstić information content (AvgIpc) is 3.39. The number of nitrogens with one attached hydrogen (secondary N) is 1. The van der Waals surface area contributed by atoms with Gasteiger partial charge in [0.15, 0.2) is 0 Å². The fourth-order valence-electron chi connectivity index (χ4n) is 4.26. The topological polar surface area (TPSA) is 123 Å². The molecule has 11 heteroatoms. The fourth-order valence-corrected chi connectivity index (χ4v) is 5.43. The summed E-state index contributed by atoms with van der Waals surface area (Å²) in [6.07, 6.45) is 5.47. The molecule has 38 heavy (non-hydrogen) atoms. The van der Waals surface area contributed by atoms with Gasteiger partial charge in [-0.3, -0.25) is 23.9 Å². The highest BCUT2D eigenvalue weighted by molar-refractivity contribution is 7.89. The molecular formula is C27H26N6O4S. The van der Waals surface area contributed by atoms with Crippen molar-refractivity contribution >= 4 is 21.1 Å². The van der Waals surface area contributed by atoms with Gasteiger partial charge in [-0.2, -0.15) is 0 Å². The Kier molecular flexibility index (Phi) is 6.79. The Bertz CT molecular complexity index is 1810. The van der Waals surface area contributed by atoms with Crippen LogP contribution in [0.5, 0.6) is 0 Å². The number of likely N-dealkylation sites (N-methyl/N-ethyl adjacent to an activating group) is 1. The Balaban J connectivity index is 1.44. The molecular weight excluding hydrogens is 504 g/mol. The second kappa shape index (κ2) is 10.2. The van der Waals surface area contributed by atoms with Crippen molar-refractivity contribution in [2.24, 2.45) is 7.05 Å². The fraction of sp³-hybridized carbons (Fsp3) is 0.185. The minimum Gasteiger partial charge on any atom is -0.349 e. The highest BCUT2D eigenvalue weighted by Crippen LogP contribution is 2.25. The zero-order chi connectivity index (χ0) is 26.9. The van der Waals surface area contributed by atoms with Crippen LogP contribution >= 0.6 is 0 Å². The molecule has 1 N–H and O–H groups in total. The molecule has 0 unspecified atom stereocenters. The molecule has 0 saturated carbocycles. The van der Waals surface area contributed by atoms with E-state index in [4.69, 9.17) is 0 Å². The lowest BCUT2D eigenvalue weighted by atomic mass is 10.1. The summed E-state index contributed by atoms with van der Waals surface area (Å²) in [4.78, 5) is 37.3. The second-order valence-corrected chi connectivity index (χ2v) is 11.0. The van der Waals surface area contributed by atoms with Gasteiger partial charge in [-0.15, -0.1) is 0 Å². The van der Waals surface area contributed by atoms with Crippen molar-refractivity contribution < 1.29 is 8.42 Å². The van der Waals surface area contributed by atoms with Crippen LogP contribution in [-0.4, -0.2) is 50.4 Å². The molecule has 0 fully saturated rings. The zero-order valence-electron chi connectivity index (χ0n) is 20.9. The van der Waals surface area contributed by atoms with Crippen molar-refractivity contribution in [3.8, 4) is 11.3 Å². The van der Waals surface area contributed by atoms with Gasteiger partial charge in [-0.1, -0.05) is 18.2 Å². The van der Waals surface area contributed by atoms with Crippen LogP contribution in [0.1, 0.15) is 11.3 Å². The Hall–Kier alpha value is -4.35. The van der Waals surface area contributed by atoms with Gasteiger partial charge in [-0.25, -0.2) is 17.5 Å². The largest absolute Gasteiger partial charge is 0.349 e. The molecule has 0 bridgehead atoms. The Morgan fingerprint density at radius 2 is 1.71 bits per heavy atom. The lowest BCUT2D eigenvalue weighted by molar-refractivity contribution is 0.471. The predicted octanol–water partition coefficient (Wildman–Crippen LogP) is 2.40. The van der Waals surface area contributed by atoms with E-state index in [0.29, 0.717) is 35.3 Å². The number of nitrogens with zero attached hydrogens (tertiary/aromatic N) is 5. The van der Waals surface area contributed by atoms with E-state index in [1.54, 1.807) is 43.8 Å². The molecule has 0 aliphatic rings. The van der Waals surface area contributed by atoms with Gasteiger partial charge in [0, 0.05) is 57.0 Å². The van der Waals surface area contributed by atoms with Gasteiger partial charge in [0.25, 0.3) is 5.56 Å². The number of fused-ring (bicyclic) bond motifs is 1. The number of aromatic amines is 1. The molecule has 4 aromatic heterocycles. The van der Waals surface area contributed by atoms with E-state index in [2.05, 4.69) is 15.0 Å². The molecule has 10 nitrogen and oxygen atoms in total. The molecule has 5 aromatic rings. The Morgan fingerprint density at radius 1 is 0.974 bits per heavy atom. The minimum absolute atomic E-state index is 0.159. The molecule has 5 rings (SSSR count). The Morgan fingerprint density at radius 3 is 2.39 bits per heavy atom. The summed E-state index contributed by atoms with van der Waals surface area (Å²) in [5.74, 6) is 0. The van der Waals surface area contributed by atoms with Crippen molar-refractivity contribution in [1.82, 2.24) is 28.4 Å². The van der Waals surface area contributed by atoms with Crippen LogP contribution in [0.25, 0.3) is 22.3 Å². The molecule has 194 valence electrons. The van der Waals surface area contributed by atoms with Crippen molar-refractivity contribution in [2.75, 3.05) is 13.6 Å². The van der Waals surface area contributed by atoms with Crippen molar-refractivity contribution in [3.05, 3.63) is 111 Å². The van der Waals surface area contributed by atoms with E-state index in [-0.39, 0.29) is 11.4 Å². The quantitative estimate of drug-likeness (QED) is 0.329. The van der Waals surface area contributed by atoms with Gasteiger partial charge in [0.1, 0.15) is 5.52 Å². The van der Waals surface area contributed by atoms with E-state index in [1.165, 1.54) is 28.1 Å². The Labute approximate surface area is 218 Å². The average molecular weight is 531 g/mol. The lowest BCUT2D eigenvalue weighted by Crippen LogP contribution is -2.38. The highest BCUT2D eigenvalue weighted by Gasteiger charge is 2.21. The molecule has 4 heterocycles. The summed E-state index contributed by atoms with van der Waals surface area (Å²) >= 11 is 0. The van der Waals surface area contributed by atoms with Gasteiger partial charge < -0.3 is 4.98 Å². The van der Waals surface area contributed by atoms with Crippen LogP contribution < -0.4 is 11.2 Å². The standard InChI is InChI=1S/C27H26N6O4S/c1-31(16-12-21-5-3-4-13-29-21)38(36,37)22-8-6-20(7-9-22)23-17-24-25(30-23)26(34)32(2)27(35)33(24)18-19-10-14-28-15-11-19/h3-11,13-15,17,30H,12,16,18H2,1-2H3. The molecule has 0 aliphatic heterocycles.